The molecule has 9 unspecified atom stereocenters. The van der Waals surface area contributed by atoms with E-state index in [1.807, 2.05) is 0 Å². The molecule has 0 saturated heterocycles. The van der Waals surface area contributed by atoms with Crippen LogP contribution in [0, 0.1) is 0 Å². The van der Waals surface area contributed by atoms with Crippen LogP contribution >= 0.6 is 0 Å². The predicted molar refractivity (Wildman–Crippen MR) is 94.4 cm³/mol. The van der Waals surface area contributed by atoms with Crippen molar-refractivity contribution in [1.29, 1.82) is 0 Å². The van der Waals surface area contributed by atoms with E-state index in [9.17, 15) is 28.5 Å². The van der Waals surface area contributed by atoms with Crippen LogP contribution in [0.5, 0.6) is 0 Å². The monoisotopic (exact) mass is 420 g/mol. The summed E-state index contributed by atoms with van der Waals surface area (Å²) in [6.45, 7) is 5.16. The van der Waals surface area contributed by atoms with E-state index in [4.69, 9.17) is 25.5 Å². The van der Waals surface area contributed by atoms with Crippen molar-refractivity contribution in [1.82, 2.24) is 0 Å². The Morgan fingerprint density at radius 1 is 0.704 bits per heavy atom. The number of hydrogen-bond donors (Lipinski definition) is 8. The smallest absolute Gasteiger partial charge is 0.155 e. The highest BCUT2D eigenvalue weighted by molar-refractivity contribution is 7.92. The summed E-state index contributed by atoms with van der Waals surface area (Å²) in [5.41, 5.74) is 0. The first-order valence-electron chi connectivity index (χ1n) is 8.26. The van der Waals surface area contributed by atoms with Gasteiger partial charge in [0.05, 0.1) is 23.6 Å². The Balaban J connectivity index is 0. The van der Waals surface area contributed by atoms with Gasteiger partial charge in [-0.25, -0.2) is 8.42 Å². The van der Waals surface area contributed by atoms with Crippen LogP contribution in [-0.4, -0.2) is 115 Å². The maximum absolute atomic E-state index is 11.4. The Kier molecular flexibility index (Phi) is 13.4. The molecule has 11 nitrogen and oxygen atoms in total. The first-order chi connectivity index (χ1) is 12.1. The third-order valence-electron chi connectivity index (χ3n) is 3.98. The SMILES string of the molecule is CC(O)C(O)C(O)C(O)C=O.CCS(=O)(=O)C(C)C(O)C(O)C(O)C(C)O. The van der Waals surface area contributed by atoms with Crippen LogP contribution < -0.4 is 0 Å². The standard InChI is InChI=1S/C9H20O6S.C6H12O5/c1-4-16(14,15)6(3)8(12)9(13)7(11)5(2)10;1-3(8)5(10)6(11)4(9)2-7/h5-13H,4H2,1-3H3;2-6,8-11H,1H3. The van der Waals surface area contributed by atoms with E-state index in [2.05, 4.69) is 0 Å². The zero-order valence-electron chi connectivity index (χ0n) is 15.7. The molecule has 0 bridgehead atoms. The molecule has 0 aromatic heterocycles. The summed E-state index contributed by atoms with van der Waals surface area (Å²) in [7, 11) is -3.50. The normalized spacial score (nSPS) is 22.1. The van der Waals surface area contributed by atoms with Crippen LogP contribution in [0.15, 0.2) is 0 Å². The average molecular weight is 420 g/mol. The minimum atomic E-state index is -3.50. The summed E-state index contributed by atoms with van der Waals surface area (Å²) in [6, 6.07) is 0. The quantitative estimate of drug-likeness (QED) is 0.159. The number of hydrogen-bond acceptors (Lipinski definition) is 11. The van der Waals surface area contributed by atoms with Gasteiger partial charge in [-0.2, -0.15) is 0 Å². The molecule has 0 fully saturated rings. The molecule has 0 heterocycles. The number of sulfone groups is 1. The van der Waals surface area contributed by atoms with Gasteiger partial charge in [-0.05, 0) is 20.8 Å². The van der Waals surface area contributed by atoms with Gasteiger partial charge >= 0.3 is 0 Å². The minimum Gasteiger partial charge on any atom is -0.391 e. The van der Waals surface area contributed by atoms with E-state index in [0.717, 1.165) is 0 Å². The lowest BCUT2D eigenvalue weighted by Crippen LogP contribution is -2.49. The van der Waals surface area contributed by atoms with Gasteiger partial charge in [0, 0.05) is 5.75 Å². The molecule has 0 spiro atoms. The van der Waals surface area contributed by atoms with Crippen LogP contribution in [0.1, 0.15) is 27.7 Å². The van der Waals surface area contributed by atoms with Gasteiger partial charge in [0.1, 0.15) is 30.5 Å². The van der Waals surface area contributed by atoms with Gasteiger partial charge in [0.15, 0.2) is 16.1 Å². The van der Waals surface area contributed by atoms with Gasteiger partial charge in [0.2, 0.25) is 0 Å². The van der Waals surface area contributed by atoms with Crippen LogP contribution in [0.3, 0.4) is 0 Å². The molecule has 0 rings (SSSR count). The molecule has 0 radical (unpaired) electrons. The van der Waals surface area contributed by atoms with Crippen molar-refractivity contribution in [2.75, 3.05) is 5.75 Å². The molecule has 12 heteroatoms. The van der Waals surface area contributed by atoms with Crippen LogP contribution in [-0.2, 0) is 14.6 Å². The van der Waals surface area contributed by atoms with Crippen LogP contribution in [0.4, 0.5) is 0 Å². The van der Waals surface area contributed by atoms with Crippen molar-refractivity contribution in [2.24, 2.45) is 0 Å². The van der Waals surface area contributed by atoms with Crippen LogP contribution in [0.2, 0.25) is 0 Å². The summed E-state index contributed by atoms with van der Waals surface area (Å²) < 4.78 is 22.8. The molecule has 0 saturated carbocycles. The lowest BCUT2D eigenvalue weighted by Gasteiger charge is -2.28. The lowest BCUT2D eigenvalue weighted by molar-refractivity contribution is -0.132. The number of carbonyl (C=O) groups excluding carboxylic acids is 1. The Morgan fingerprint density at radius 3 is 1.37 bits per heavy atom. The second kappa shape index (κ2) is 12.7. The van der Waals surface area contributed by atoms with Crippen molar-refractivity contribution in [2.45, 2.75) is 81.8 Å². The fourth-order valence-corrected chi connectivity index (χ4v) is 2.92. The first kappa shape index (κ1) is 28.5. The Hall–Kier alpha value is -0.700. The third kappa shape index (κ3) is 9.36. The van der Waals surface area contributed by atoms with E-state index in [0.29, 0.717) is 0 Å². The zero-order valence-corrected chi connectivity index (χ0v) is 16.5. The minimum absolute atomic E-state index is 0.0935. The topological polar surface area (TPSA) is 213 Å². The van der Waals surface area contributed by atoms with Crippen molar-refractivity contribution in [3.8, 4) is 0 Å². The van der Waals surface area contributed by atoms with Gasteiger partial charge in [-0.3, -0.25) is 0 Å². The van der Waals surface area contributed by atoms with E-state index in [1.165, 1.54) is 27.7 Å². The van der Waals surface area contributed by atoms with Gasteiger partial charge in [0.25, 0.3) is 0 Å². The molecule has 9 atom stereocenters. The Bertz CT molecular complexity index is 508. The summed E-state index contributed by atoms with van der Waals surface area (Å²) in [5, 5.41) is 71.2. The number of aliphatic hydroxyl groups is 8. The second-order valence-corrected chi connectivity index (χ2v) is 8.86. The van der Waals surface area contributed by atoms with Crippen molar-refractivity contribution < 1.29 is 54.1 Å². The maximum Gasteiger partial charge on any atom is 0.155 e. The van der Waals surface area contributed by atoms with Gasteiger partial charge in [-0.1, -0.05) is 6.92 Å². The number of rotatable bonds is 10. The van der Waals surface area contributed by atoms with Crippen molar-refractivity contribution in [3.05, 3.63) is 0 Å². The fourth-order valence-electron chi connectivity index (χ4n) is 1.81. The molecule has 164 valence electrons. The van der Waals surface area contributed by atoms with E-state index in [1.54, 1.807) is 0 Å². The highest BCUT2D eigenvalue weighted by Gasteiger charge is 2.36. The van der Waals surface area contributed by atoms with E-state index >= 15 is 0 Å². The second-order valence-electron chi connectivity index (χ2n) is 6.22. The molecular formula is C15H32O11S. The average Bonchev–Trinajstić information content (AvgIpc) is 2.63. The van der Waals surface area contributed by atoms with Crippen molar-refractivity contribution in [3.63, 3.8) is 0 Å². The summed E-state index contributed by atoms with van der Waals surface area (Å²) >= 11 is 0. The molecule has 0 aliphatic heterocycles. The number of aliphatic hydroxyl groups excluding tert-OH is 8. The Labute approximate surface area is 158 Å². The summed E-state index contributed by atoms with van der Waals surface area (Å²) in [5.74, 6) is -0.164. The maximum atomic E-state index is 11.4. The van der Waals surface area contributed by atoms with E-state index in [-0.39, 0.29) is 12.0 Å². The molecule has 0 aromatic carbocycles. The molecule has 0 amide bonds. The van der Waals surface area contributed by atoms with Gasteiger partial charge in [-0.15, -0.1) is 0 Å². The van der Waals surface area contributed by atoms with Crippen molar-refractivity contribution >= 4 is 16.1 Å². The number of aldehydes is 1. The lowest BCUT2D eigenvalue weighted by atomic mass is 10.0. The Morgan fingerprint density at radius 2 is 1.07 bits per heavy atom. The molecule has 8 N–H and O–H groups in total. The molecule has 27 heavy (non-hydrogen) atoms. The fraction of sp³-hybridized carbons (Fsp3) is 0.933. The highest BCUT2D eigenvalue weighted by atomic mass is 32.2. The van der Waals surface area contributed by atoms with E-state index < -0.39 is 63.9 Å². The molecule has 0 aromatic rings. The largest absolute Gasteiger partial charge is 0.391 e. The first-order valence-corrected chi connectivity index (χ1v) is 9.98. The molecule has 0 aliphatic rings. The van der Waals surface area contributed by atoms with Crippen LogP contribution in [0.25, 0.3) is 0 Å². The zero-order chi connectivity index (χ0) is 22.1. The number of carbonyl (C=O) groups is 1. The third-order valence-corrected chi connectivity index (χ3v) is 6.19. The summed E-state index contributed by atoms with van der Waals surface area (Å²) in [6.07, 6.45) is -12.0. The highest BCUT2D eigenvalue weighted by Crippen LogP contribution is 2.14. The predicted octanol–water partition coefficient (Wildman–Crippen LogP) is -4.08. The van der Waals surface area contributed by atoms with Gasteiger partial charge < -0.3 is 45.6 Å². The molecular weight excluding hydrogens is 388 g/mol. The summed E-state index contributed by atoms with van der Waals surface area (Å²) in [4.78, 5) is 9.87. The molecule has 0 aliphatic carbocycles.